The van der Waals surface area contributed by atoms with Crippen LogP contribution in [0.25, 0.3) is 0 Å². The smallest absolute Gasteiger partial charge is 0.168 e. The molecule has 0 amide bonds. The molecular formula is C12H22N2Si2. The molecule has 2 nitrogen and oxygen atoms in total. The van der Waals surface area contributed by atoms with Gasteiger partial charge in [0.15, 0.2) is 17.9 Å². The minimum Gasteiger partial charge on any atom is -0.326 e. The third-order valence-electron chi connectivity index (χ3n) is 3.05. The highest BCUT2D eigenvalue weighted by molar-refractivity contribution is 6.80. The first-order chi connectivity index (χ1) is 7.45. The number of hydrogen-bond donors (Lipinski definition) is 0. The lowest BCUT2D eigenvalue weighted by atomic mass is 10.4. The van der Waals surface area contributed by atoms with Crippen molar-refractivity contribution in [1.29, 1.82) is 0 Å². The highest BCUT2D eigenvalue weighted by Crippen LogP contribution is 1.94. The van der Waals surface area contributed by atoms with Crippen LogP contribution in [0, 0.1) is 0 Å². The molecule has 0 fully saturated rings. The van der Waals surface area contributed by atoms with E-state index in [9.17, 15) is 0 Å². The molecule has 0 unspecified atom stereocenters. The van der Waals surface area contributed by atoms with Gasteiger partial charge in [-0.15, -0.1) is 0 Å². The summed E-state index contributed by atoms with van der Waals surface area (Å²) in [4.78, 5) is 0. The van der Waals surface area contributed by atoms with Crippen molar-refractivity contribution in [3.63, 3.8) is 0 Å². The van der Waals surface area contributed by atoms with Gasteiger partial charge < -0.3 is 9.13 Å². The maximum atomic E-state index is 2.37. The fourth-order valence-electron chi connectivity index (χ4n) is 1.60. The van der Waals surface area contributed by atoms with E-state index in [1.165, 1.54) is 0 Å². The van der Waals surface area contributed by atoms with Gasteiger partial charge in [-0.25, -0.2) is 0 Å². The average molecular weight is 250 g/mol. The molecule has 0 saturated carbocycles. The van der Waals surface area contributed by atoms with Gasteiger partial charge in [-0.1, -0.05) is 37.4 Å². The Kier molecular flexibility index (Phi) is 4.92. The Balaban J connectivity index is 3.09. The Bertz CT molecular complexity index is 307. The molecule has 0 saturated heterocycles. The van der Waals surface area contributed by atoms with E-state index < -0.39 is 17.9 Å². The van der Waals surface area contributed by atoms with Gasteiger partial charge in [0.25, 0.3) is 0 Å². The van der Waals surface area contributed by atoms with E-state index in [1.807, 2.05) is 0 Å². The first-order valence-corrected chi connectivity index (χ1v) is 9.46. The lowest BCUT2D eigenvalue weighted by Crippen LogP contribution is -2.56. The SMILES string of the molecule is CN(C)[Si](C)c1ccccc1[Si](C)N(C)C. The van der Waals surface area contributed by atoms with Crippen molar-refractivity contribution >= 4 is 28.3 Å². The zero-order valence-corrected chi connectivity index (χ0v) is 13.2. The van der Waals surface area contributed by atoms with Gasteiger partial charge in [0.05, 0.1) is 0 Å². The van der Waals surface area contributed by atoms with Gasteiger partial charge in [-0.05, 0) is 38.6 Å². The summed E-state index contributed by atoms with van der Waals surface area (Å²) in [5.41, 5.74) is 0. The summed E-state index contributed by atoms with van der Waals surface area (Å²) in [5, 5.41) is 3.14. The number of rotatable bonds is 4. The van der Waals surface area contributed by atoms with Crippen LogP contribution in [0.2, 0.25) is 13.1 Å². The third-order valence-corrected chi connectivity index (χ3v) is 8.41. The molecule has 16 heavy (non-hydrogen) atoms. The molecule has 0 bridgehead atoms. The first-order valence-electron chi connectivity index (χ1n) is 5.56. The van der Waals surface area contributed by atoms with Gasteiger partial charge in [-0.3, -0.25) is 0 Å². The number of nitrogens with zero attached hydrogens (tertiary/aromatic N) is 2. The maximum absolute atomic E-state index is 2.37. The van der Waals surface area contributed by atoms with Gasteiger partial charge in [-0.2, -0.15) is 0 Å². The van der Waals surface area contributed by atoms with Gasteiger partial charge in [0.2, 0.25) is 0 Å². The maximum Gasteiger partial charge on any atom is 0.168 e. The van der Waals surface area contributed by atoms with Crippen molar-refractivity contribution < 1.29 is 0 Å². The predicted octanol–water partition coefficient (Wildman–Crippen LogP) is 0.466. The highest BCUT2D eigenvalue weighted by Gasteiger charge is 2.20. The lowest BCUT2D eigenvalue weighted by molar-refractivity contribution is 0.650. The zero-order chi connectivity index (χ0) is 12.3. The molecule has 0 aromatic heterocycles. The van der Waals surface area contributed by atoms with Crippen LogP contribution >= 0.6 is 0 Å². The van der Waals surface area contributed by atoms with Crippen LogP contribution in [-0.2, 0) is 0 Å². The molecule has 1 rings (SSSR count). The summed E-state index contributed by atoms with van der Waals surface area (Å²) >= 11 is 0. The monoisotopic (exact) mass is 250 g/mol. The first kappa shape index (κ1) is 13.6. The lowest BCUT2D eigenvalue weighted by Gasteiger charge is -2.25. The molecule has 0 N–H and O–H groups in total. The van der Waals surface area contributed by atoms with E-state index >= 15 is 0 Å². The molecule has 4 heteroatoms. The largest absolute Gasteiger partial charge is 0.326 e. The van der Waals surface area contributed by atoms with Crippen molar-refractivity contribution in [1.82, 2.24) is 9.13 Å². The van der Waals surface area contributed by atoms with Crippen LogP contribution < -0.4 is 10.4 Å². The molecule has 2 radical (unpaired) electrons. The van der Waals surface area contributed by atoms with Crippen LogP contribution in [0.3, 0.4) is 0 Å². The van der Waals surface area contributed by atoms with Crippen molar-refractivity contribution in [3.8, 4) is 0 Å². The molecule has 0 aliphatic rings. The van der Waals surface area contributed by atoms with Crippen molar-refractivity contribution in [2.24, 2.45) is 0 Å². The quantitative estimate of drug-likeness (QED) is 0.717. The van der Waals surface area contributed by atoms with Crippen molar-refractivity contribution in [2.75, 3.05) is 28.2 Å². The predicted molar refractivity (Wildman–Crippen MR) is 76.3 cm³/mol. The molecule has 0 aliphatic heterocycles. The van der Waals surface area contributed by atoms with E-state index in [0.29, 0.717) is 0 Å². The van der Waals surface area contributed by atoms with Gasteiger partial charge in [0.1, 0.15) is 0 Å². The number of benzene rings is 1. The van der Waals surface area contributed by atoms with Gasteiger partial charge in [0, 0.05) is 0 Å². The topological polar surface area (TPSA) is 6.48 Å². The normalized spacial score (nSPS) is 12.1. The van der Waals surface area contributed by atoms with Crippen LogP contribution in [0.1, 0.15) is 0 Å². The summed E-state index contributed by atoms with van der Waals surface area (Å²) in [6.07, 6.45) is 0. The summed E-state index contributed by atoms with van der Waals surface area (Å²) < 4.78 is 4.74. The second kappa shape index (κ2) is 5.77. The summed E-state index contributed by atoms with van der Waals surface area (Å²) in [7, 11) is 7.61. The molecule has 0 aliphatic carbocycles. The Hall–Kier alpha value is -0.426. The summed E-state index contributed by atoms with van der Waals surface area (Å²) in [5.74, 6) is 0. The highest BCUT2D eigenvalue weighted by atomic mass is 28.3. The molecule has 0 heterocycles. The average Bonchev–Trinajstić information content (AvgIpc) is 2.26. The fourth-order valence-corrected chi connectivity index (χ4v) is 5.27. The van der Waals surface area contributed by atoms with Crippen LogP contribution in [0.4, 0.5) is 0 Å². The van der Waals surface area contributed by atoms with Crippen molar-refractivity contribution in [2.45, 2.75) is 13.1 Å². The standard InChI is InChI=1S/C12H22N2Si2/c1-13(2)15(5)11-9-7-8-10-12(11)16(6)14(3)4/h7-10H,1-6H3. The van der Waals surface area contributed by atoms with Crippen molar-refractivity contribution in [3.05, 3.63) is 24.3 Å². The third kappa shape index (κ3) is 3.04. The van der Waals surface area contributed by atoms with Gasteiger partial charge >= 0.3 is 0 Å². The van der Waals surface area contributed by atoms with Crippen LogP contribution in [0.15, 0.2) is 24.3 Å². The Morgan fingerprint density at radius 1 is 0.750 bits per heavy atom. The second-order valence-electron chi connectivity index (χ2n) is 4.51. The van der Waals surface area contributed by atoms with E-state index in [-0.39, 0.29) is 0 Å². The molecule has 88 valence electrons. The van der Waals surface area contributed by atoms with E-state index in [4.69, 9.17) is 0 Å². The van der Waals surface area contributed by atoms with E-state index in [2.05, 4.69) is 74.7 Å². The Labute approximate surface area is 103 Å². The second-order valence-corrected chi connectivity index (χ2v) is 9.71. The molecular weight excluding hydrogens is 228 g/mol. The van der Waals surface area contributed by atoms with E-state index in [0.717, 1.165) is 0 Å². The summed E-state index contributed by atoms with van der Waals surface area (Å²) in [6, 6.07) is 8.95. The van der Waals surface area contributed by atoms with E-state index in [1.54, 1.807) is 10.4 Å². The minimum atomic E-state index is -0.559. The molecule has 0 spiro atoms. The molecule has 0 atom stereocenters. The Morgan fingerprint density at radius 3 is 1.31 bits per heavy atom. The number of hydrogen-bond acceptors (Lipinski definition) is 2. The Morgan fingerprint density at radius 2 is 1.06 bits per heavy atom. The minimum absolute atomic E-state index is 0.559. The molecule has 1 aromatic rings. The van der Waals surface area contributed by atoms with Crippen LogP contribution in [0.5, 0.6) is 0 Å². The summed E-state index contributed by atoms with van der Waals surface area (Å²) in [6.45, 7) is 4.74. The zero-order valence-electron chi connectivity index (χ0n) is 11.2. The molecule has 1 aromatic carbocycles. The van der Waals surface area contributed by atoms with Crippen LogP contribution in [-0.4, -0.2) is 55.2 Å². The fraction of sp³-hybridized carbons (Fsp3) is 0.500.